The lowest BCUT2D eigenvalue weighted by molar-refractivity contribution is 0.755. The molecule has 0 radical (unpaired) electrons. The maximum Gasteiger partial charge on any atom is 0.121 e. The van der Waals surface area contributed by atoms with Crippen LogP contribution in [-0.2, 0) is 0 Å². The van der Waals surface area contributed by atoms with Crippen LogP contribution in [0.3, 0.4) is 0 Å². The fourth-order valence-corrected chi connectivity index (χ4v) is 3.46. The van der Waals surface area contributed by atoms with Gasteiger partial charge in [-0.3, -0.25) is 4.57 Å². The molecule has 0 saturated heterocycles. The summed E-state index contributed by atoms with van der Waals surface area (Å²) >= 11 is 0. The van der Waals surface area contributed by atoms with Crippen molar-refractivity contribution in [3.8, 4) is 5.69 Å². The van der Waals surface area contributed by atoms with Gasteiger partial charge in [-0.1, -0.05) is 54.6 Å². The Hall–Kier alpha value is -2.61. The van der Waals surface area contributed by atoms with Crippen molar-refractivity contribution < 1.29 is 0 Å². The van der Waals surface area contributed by atoms with E-state index < -0.39 is 0 Å². The zero-order valence-electron chi connectivity index (χ0n) is 13.5. The first-order chi connectivity index (χ1) is 11.3. The molecule has 1 unspecified atom stereocenters. The van der Waals surface area contributed by atoms with Crippen LogP contribution in [0.25, 0.3) is 16.7 Å². The Labute approximate surface area is 136 Å². The van der Waals surface area contributed by atoms with Crippen molar-refractivity contribution in [2.45, 2.75) is 26.2 Å². The number of hydrogen-bond acceptors (Lipinski definition) is 1. The summed E-state index contributed by atoms with van der Waals surface area (Å²) in [6.07, 6.45) is 9.72. The minimum Gasteiger partial charge on any atom is -0.295 e. The molecule has 0 saturated carbocycles. The summed E-state index contributed by atoms with van der Waals surface area (Å²) < 4.78 is 2.36. The molecular weight excluding hydrogens is 280 g/mol. The maximum absolute atomic E-state index is 4.97. The molecule has 23 heavy (non-hydrogen) atoms. The van der Waals surface area contributed by atoms with E-state index in [4.69, 9.17) is 4.98 Å². The average Bonchev–Trinajstić information content (AvgIpc) is 2.95. The van der Waals surface area contributed by atoms with Gasteiger partial charge in [0.05, 0.1) is 16.7 Å². The van der Waals surface area contributed by atoms with Crippen LogP contribution in [0, 0.1) is 13.8 Å². The Morgan fingerprint density at radius 1 is 0.957 bits per heavy atom. The quantitative estimate of drug-likeness (QED) is 0.632. The number of rotatable bonds is 2. The van der Waals surface area contributed by atoms with E-state index >= 15 is 0 Å². The minimum atomic E-state index is 0.325. The van der Waals surface area contributed by atoms with E-state index in [2.05, 4.69) is 85.2 Å². The summed E-state index contributed by atoms with van der Waals surface area (Å²) in [5.74, 6) is 1.45. The van der Waals surface area contributed by atoms with Crippen LogP contribution in [0.2, 0.25) is 0 Å². The van der Waals surface area contributed by atoms with Crippen molar-refractivity contribution in [1.82, 2.24) is 9.55 Å². The standard InChI is InChI=1S/C21H20N2/c1-15-9-8-10-16(2)20(15)23-19-14-7-6-13-18(19)22-21(23)17-11-4-3-5-12-17/h3-11,13-14,17H,12H2,1-2H3. The van der Waals surface area contributed by atoms with Gasteiger partial charge in [-0.25, -0.2) is 4.98 Å². The molecule has 1 aliphatic carbocycles. The van der Waals surface area contributed by atoms with Gasteiger partial charge in [0.2, 0.25) is 0 Å². The Balaban J connectivity index is 2.04. The monoisotopic (exact) mass is 300 g/mol. The molecule has 1 atom stereocenters. The third-order valence-corrected chi connectivity index (χ3v) is 4.56. The van der Waals surface area contributed by atoms with Crippen LogP contribution >= 0.6 is 0 Å². The molecule has 2 nitrogen and oxygen atoms in total. The average molecular weight is 300 g/mol. The van der Waals surface area contributed by atoms with Crippen molar-refractivity contribution in [3.63, 3.8) is 0 Å². The number of benzene rings is 2. The van der Waals surface area contributed by atoms with Gasteiger partial charge < -0.3 is 0 Å². The smallest absolute Gasteiger partial charge is 0.121 e. The molecule has 3 aromatic rings. The van der Waals surface area contributed by atoms with Gasteiger partial charge in [0.1, 0.15) is 5.82 Å². The number of aromatic nitrogens is 2. The summed E-state index contributed by atoms with van der Waals surface area (Å²) in [4.78, 5) is 4.97. The molecule has 0 bridgehead atoms. The van der Waals surface area contributed by atoms with Gasteiger partial charge in [-0.05, 0) is 43.5 Å². The predicted octanol–water partition coefficient (Wildman–Crippen LogP) is 5.24. The van der Waals surface area contributed by atoms with E-state index in [1.54, 1.807) is 0 Å². The van der Waals surface area contributed by atoms with Crippen LogP contribution < -0.4 is 0 Å². The normalized spacial score (nSPS) is 17.0. The second-order valence-corrected chi connectivity index (χ2v) is 6.19. The van der Waals surface area contributed by atoms with Crippen LogP contribution in [-0.4, -0.2) is 9.55 Å². The van der Waals surface area contributed by atoms with E-state index in [0.29, 0.717) is 5.92 Å². The number of aryl methyl sites for hydroxylation is 2. The molecule has 0 fully saturated rings. The summed E-state index contributed by atoms with van der Waals surface area (Å²) in [5.41, 5.74) is 6.07. The van der Waals surface area contributed by atoms with E-state index in [0.717, 1.165) is 17.8 Å². The molecule has 1 aliphatic rings. The molecule has 0 aliphatic heterocycles. The third-order valence-electron chi connectivity index (χ3n) is 4.56. The number of hydrogen-bond donors (Lipinski definition) is 0. The van der Waals surface area contributed by atoms with E-state index in [9.17, 15) is 0 Å². The van der Waals surface area contributed by atoms with Gasteiger partial charge in [-0.2, -0.15) is 0 Å². The fourth-order valence-electron chi connectivity index (χ4n) is 3.46. The van der Waals surface area contributed by atoms with Gasteiger partial charge in [0.25, 0.3) is 0 Å². The molecular formula is C21H20N2. The Bertz CT molecular complexity index is 908. The van der Waals surface area contributed by atoms with Crippen LogP contribution in [0.15, 0.2) is 66.8 Å². The van der Waals surface area contributed by atoms with Crippen LogP contribution in [0.1, 0.15) is 29.3 Å². The molecule has 1 heterocycles. The highest BCUT2D eigenvalue weighted by Crippen LogP contribution is 2.32. The van der Waals surface area contributed by atoms with E-state index in [1.165, 1.54) is 22.3 Å². The van der Waals surface area contributed by atoms with Crippen molar-refractivity contribution in [1.29, 1.82) is 0 Å². The lowest BCUT2D eigenvalue weighted by atomic mass is 9.99. The zero-order valence-corrected chi connectivity index (χ0v) is 13.5. The second-order valence-electron chi connectivity index (χ2n) is 6.19. The van der Waals surface area contributed by atoms with Gasteiger partial charge in [-0.15, -0.1) is 0 Å². The Morgan fingerprint density at radius 2 is 1.74 bits per heavy atom. The number of allylic oxidation sites excluding steroid dienone is 4. The number of para-hydroxylation sites is 3. The summed E-state index contributed by atoms with van der Waals surface area (Å²) in [5, 5.41) is 0. The van der Waals surface area contributed by atoms with Crippen LogP contribution in [0.5, 0.6) is 0 Å². The highest BCUT2D eigenvalue weighted by atomic mass is 15.1. The fraction of sp³-hybridized carbons (Fsp3) is 0.190. The highest BCUT2D eigenvalue weighted by molar-refractivity contribution is 5.79. The summed E-state index contributed by atoms with van der Waals surface area (Å²) in [6, 6.07) is 14.9. The first kappa shape index (κ1) is 14.0. The Kier molecular flexibility index (Phi) is 3.38. The molecule has 2 heteroatoms. The first-order valence-corrected chi connectivity index (χ1v) is 8.13. The van der Waals surface area contributed by atoms with Crippen molar-refractivity contribution >= 4 is 11.0 Å². The van der Waals surface area contributed by atoms with Gasteiger partial charge >= 0.3 is 0 Å². The number of nitrogens with zero attached hydrogens (tertiary/aromatic N) is 2. The molecule has 4 rings (SSSR count). The van der Waals surface area contributed by atoms with E-state index in [1.807, 2.05) is 0 Å². The zero-order chi connectivity index (χ0) is 15.8. The van der Waals surface area contributed by atoms with Crippen LogP contribution in [0.4, 0.5) is 0 Å². The summed E-state index contributed by atoms with van der Waals surface area (Å²) in [7, 11) is 0. The lowest BCUT2D eigenvalue weighted by Gasteiger charge is -2.19. The number of imidazole rings is 1. The highest BCUT2D eigenvalue weighted by Gasteiger charge is 2.21. The molecule has 0 amide bonds. The lowest BCUT2D eigenvalue weighted by Crippen LogP contribution is -2.09. The maximum atomic E-state index is 4.97. The van der Waals surface area contributed by atoms with Crippen molar-refractivity contribution in [3.05, 3.63) is 83.7 Å². The predicted molar refractivity (Wildman–Crippen MR) is 96.2 cm³/mol. The van der Waals surface area contributed by atoms with E-state index in [-0.39, 0.29) is 0 Å². The van der Waals surface area contributed by atoms with Gasteiger partial charge in [0, 0.05) is 5.92 Å². The minimum absolute atomic E-state index is 0.325. The number of fused-ring (bicyclic) bond motifs is 1. The van der Waals surface area contributed by atoms with Crippen molar-refractivity contribution in [2.75, 3.05) is 0 Å². The SMILES string of the molecule is Cc1cccc(C)c1-n1c(C2C=CC=CC2)nc2ccccc21. The first-order valence-electron chi connectivity index (χ1n) is 8.13. The topological polar surface area (TPSA) is 17.8 Å². The molecule has 0 spiro atoms. The largest absolute Gasteiger partial charge is 0.295 e. The van der Waals surface area contributed by atoms with Crippen molar-refractivity contribution in [2.24, 2.45) is 0 Å². The van der Waals surface area contributed by atoms with Gasteiger partial charge in [0.15, 0.2) is 0 Å². The molecule has 1 aromatic heterocycles. The summed E-state index contributed by atoms with van der Waals surface area (Å²) in [6.45, 7) is 4.36. The Morgan fingerprint density at radius 3 is 2.48 bits per heavy atom. The second kappa shape index (κ2) is 5.54. The molecule has 0 N–H and O–H groups in total. The third kappa shape index (κ3) is 2.31. The molecule has 2 aromatic carbocycles. The molecule has 114 valence electrons.